The van der Waals surface area contributed by atoms with Gasteiger partial charge in [0.25, 0.3) is 0 Å². The molecule has 79 heavy (non-hydrogen) atoms. The van der Waals surface area contributed by atoms with E-state index >= 15 is 0 Å². The third-order valence-corrected chi connectivity index (χ3v) is 15.8. The van der Waals surface area contributed by atoms with Gasteiger partial charge in [-0.25, -0.2) is 0 Å². The number of rotatable bonds is 65. The van der Waals surface area contributed by atoms with Crippen molar-refractivity contribution in [2.45, 2.75) is 386 Å². The van der Waals surface area contributed by atoms with Crippen LogP contribution in [0, 0.1) is 0 Å². The first kappa shape index (κ1) is 76.4. The molecule has 0 aliphatic carbocycles. The summed E-state index contributed by atoms with van der Waals surface area (Å²) >= 11 is 0. The molecule has 0 heterocycles. The summed E-state index contributed by atoms with van der Waals surface area (Å²) in [7, 11) is 0. The van der Waals surface area contributed by atoms with Crippen molar-refractivity contribution in [1.29, 1.82) is 0 Å². The number of hydrogen-bond donors (Lipinski definition) is 0. The van der Waals surface area contributed by atoms with Gasteiger partial charge in [0.2, 0.25) is 0 Å². The van der Waals surface area contributed by atoms with E-state index in [0.29, 0.717) is 19.3 Å². The molecule has 1 unspecified atom stereocenters. The van der Waals surface area contributed by atoms with Gasteiger partial charge in [0.15, 0.2) is 6.10 Å². The molecule has 0 aromatic rings. The summed E-state index contributed by atoms with van der Waals surface area (Å²) in [6.07, 6.45) is 85.7. The number of carbonyl (C=O) groups excluding carboxylic acids is 3. The molecule has 0 aromatic heterocycles. The van der Waals surface area contributed by atoms with E-state index in [-0.39, 0.29) is 31.1 Å². The third-order valence-electron chi connectivity index (χ3n) is 15.8. The van der Waals surface area contributed by atoms with Crippen LogP contribution in [-0.2, 0) is 28.6 Å². The predicted molar refractivity (Wildman–Crippen MR) is 344 cm³/mol. The van der Waals surface area contributed by atoms with Gasteiger partial charge >= 0.3 is 17.9 Å². The molecule has 0 saturated heterocycles. The number of esters is 3. The topological polar surface area (TPSA) is 78.9 Å². The molecule has 1 atom stereocenters. The molecule has 0 amide bonds. The van der Waals surface area contributed by atoms with Crippen molar-refractivity contribution in [2.75, 3.05) is 13.2 Å². The summed E-state index contributed by atoms with van der Waals surface area (Å²) < 4.78 is 17.0. The highest BCUT2D eigenvalue weighted by atomic mass is 16.6. The van der Waals surface area contributed by atoms with Crippen molar-refractivity contribution in [2.24, 2.45) is 0 Å². The average molecular weight is 1110 g/mol. The van der Waals surface area contributed by atoms with E-state index in [0.717, 1.165) is 70.6 Å². The Bertz CT molecular complexity index is 1360. The summed E-state index contributed by atoms with van der Waals surface area (Å²) in [5.41, 5.74) is 0. The van der Waals surface area contributed by atoms with Crippen LogP contribution in [0.2, 0.25) is 0 Å². The van der Waals surface area contributed by atoms with Gasteiger partial charge < -0.3 is 14.2 Å². The first-order valence-electron chi connectivity index (χ1n) is 35.1. The monoisotopic (exact) mass is 1110 g/mol. The summed E-state index contributed by atoms with van der Waals surface area (Å²) in [6, 6.07) is 0. The van der Waals surface area contributed by atoms with E-state index in [1.165, 1.54) is 270 Å². The number of hydrogen-bond acceptors (Lipinski definition) is 6. The maximum absolute atomic E-state index is 12.9. The average Bonchev–Trinajstić information content (AvgIpc) is 3.45. The van der Waals surface area contributed by atoms with E-state index in [1.54, 1.807) is 0 Å². The molecule has 0 aromatic carbocycles. The molecule has 6 nitrogen and oxygen atoms in total. The van der Waals surface area contributed by atoms with Crippen LogP contribution < -0.4 is 0 Å². The van der Waals surface area contributed by atoms with Gasteiger partial charge in [-0.05, 0) is 103 Å². The summed E-state index contributed by atoms with van der Waals surface area (Å²) in [4.78, 5) is 38.4. The van der Waals surface area contributed by atoms with Crippen LogP contribution in [0.4, 0.5) is 0 Å². The minimum atomic E-state index is -0.777. The second-order valence-corrected chi connectivity index (χ2v) is 23.8. The smallest absolute Gasteiger partial charge is 0.306 e. The molecule has 0 bridgehead atoms. The van der Waals surface area contributed by atoms with Crippen LogP contribution in [0.1, 0.15) is 380 Å². The fraction of sp³-hybridized carbons (Fsp3) is 0.849. The van der Waals surface area contributed by atoms with Crippen molar-refractivity contribution in [1.82, 2.24) is 0 Å². The lowest BCUT2D eigenvalue weighted by atomic mass is 10.0. The molecule has 0 spiro atoms. The minimum absolute atomic E-state index is 0.0731. The lowest BCUT2D eigenvalue weighted by Crippen LogP contribution is -2.30. The highest BCUT2D eigenvalue weighted by Gasteiger charge is 2.19. The zero-order valence-electron chi connectivity index (χ0n) is 53.2. The molecule has 0 radical (unpaired) electrons. The first-order valence-corrected chi connectivity index (χ1v) is 35.1. The van der Waals surface area contributed by atoms with Crippen LogP contribution in [0.25, 0.3) is 0 Å². The summed E-state index contributed by atoms with van der Waals surface area (Å²) in [5.74, 6) is -0.861. The molecule has 462 valence electrons. The zero-order valence-corrected chi connectivity index (χ0v) is 53.2. The Morgan fingerprint density at radius 1 is 0.253 bits per heavy atom. The number of ether oxygens (including phenoxy) is 3. The minimum Gasteiger partial charge on any atom is -0.462 e. The first-order chi connectivity index (χ1) is 39.0. The van der Waals surface area contributed by atoms with Crippen LogP contribution in [0.3, 0.4) is 0 Å². The molecular weight excluding hydrogens is 973 g/mol. The molecule has 0 fully saturated rings. The molecule has 6 heteroatoms. The van der Waals surface area contributed by atoms with Crippen molar-refractivity contribution in [3.63, 3.8) is 0 Å². The SMILES string of the molecule is CCCCCC/C=C\CCCCCCCC(=O)OCC(COC(=O)CCCCCCCCCCCCCCCCC/C=C\C/C=C\CCCCCCC)OC(=O)CCCCCCCCCCC/C=C\CCCCCCCCCC. The fourth-order valence-electron chi connectivity index (χ4n) is 10.5. The second kappa shape index (κ2) is 67.9. The molecule has 0 rings (SSSR count). The lowest BCUT2D eigenvalue weighted by molar-refractivity contribution is -0.167. The normalized spacial score (nSPS) is 12.3. The highest BCUT2D eigenvalue weighted by molar-refractivity contribution is 5.71. The predicted octanol–water partition coefficient (Wildman–Crippen LogP) is 24.1. The maximum atomic E-state index is 12.9. The van der Waals surface area contributed by atoms with Gasteiger partial charge in [-0.3, -0.25) is 14.4 Å². The number of carbonyl (C=O) groups is 3. The Hall–Kier alpha value is -2.63. The van der Waals surface area contributed by atoms with E-state index in [9.17, 15) is 14.4 Å². The zero-order chi connectivity index (χ0) is 57.1. The van der Waals surface area contributed by atoms with Gasteiger partial charge in [0.05, 0.1) is 0 Å². The third kappa shape index (κ3) is 66.1. The van der Waals surface area contributed by atoms with Gasteiger partial charge in [-0.2, -0.15) is 0 Å². The molecule has 0 aliphatic heterocycles. The molecular formula is C73H134O6. The van der Waals surface area contributed by atoms with Gasteiger partial charge in [0.1, 0.15) is 13.2 Å². The van der Waals surface area contributed by atoms with Crippen LogP contribution >= 0.6 is 0 Å². The number of unbranched alkanes of at least 4 members (excludes halogenated alkanes) is 46. The van der Waals surface area contributed by atoms with E-state index < -0.39 is 6.10 Å². The Morgan fingerprint density at radius 2 is 0.456 bits per heavy atom. The van der Waals surface area contributed by atoms with Crippen LogP contribution in [-0.4, -0.2) is 37.2 Å². The van der Waals surface area contributed by atoms with Crippen molar-refractivity contribution in [3.8, 4) is 0 Å². The largest absolute Gasteiger partial charge is 0.462 e. The highest BCUT2D eigenvalue weighted by Crippen LogP contribution is 2.18. The van der Waals surface area contributed by atoms with Crippen LogP contribution in [0.15, 0.2) is 48.6 Å². The standard InChI is InChI=1S/C73H134O6/c1-4-7-10-13-16-19-22-25-27-29-31-33-34-35-36-37-38-40-41-43-45-48-51-54-57-60-63-66-72(75)78-69-70(68-77-71(74)65-62-59-56-53-50-47-24-21-18-15-12-9-6-3)79-73(76)67-64-61-58-55-52-49-46-44-42-39-32-30-28-26-23-20-17-14-11-8-5-2/h21-22,24-25,29-32,70H,4-20,23,26-28,33-69H2,1-3H3/b24-21-,25-22-,31-29-,32-30-. The molecule has 0 aliphatic rings. The van der Waals surface area contributed by atoms with Gasteiger partial charge in [0, 0.05) is 19.3 Å². The molecule has 0 N–H and O–H groups in total. The Balaban J connectivity index is 4.24. The second-order valence-electron chi connectivity index (χ2n) is 23.8. The Morgan fingerprint density at radius 3 is 0.722 bits per heavy atom. The van der Waals surface area contributed by atoms with E-state index in [4.69, 9.17) is 14.2 Å². The summed E-state index contributed by atoms with van der Waals surface area (Å²) in [5, 5.41) is 0. The van der Waals surface area contributed by atoms with Crippen molar-refractivity contribution in [3.05, 3.63) is 48.6 Å². The fourth-order valence-corrected chi connectivity index (χ4v) is 10.5. The van der Waals surface area contributed by atoms with Crippen molar-refractivity contribution >= 4 is 17.9 Å². The Labute approximate surface area is 492 Å². The number of allylic oxidation sites excluding steroid dienone is 8. The van der Waals surface area contributed by atoms with E-state index in [1.807, 2.05) is 0 Å². The summed E-state index contributed by atoms with van der Waals surface area (Å²) in [6.45, 7) is 6.67. The maximum Gasteiger partial charge on any atom is 0.306 e. The van der Waals surface area contributed by atoms with Gasteiger partial charge in [-0.15, -0.1) is 0 Å². The van der Waals surface area contributed by atoms with E-state index in [2.05, 4.69) is 69.4 Å². The quantitative estimate of drug-likeness (QED) is 0.0261. The van der Waals surface area contributed by atoms with Crippen LogP contribution in [0.5, 0.6) is 0 Å². The Kier molecular flexibility index (Phi) is 65.6. The van der Waals surface area contributed by atoms with Crippen molar-refractivity contribution < 1.29 is 28.6 Å². The lowest BCUT2D eigenvalue weighted by Gasteiger charge is -2.18. The van der Waals surface area contributed by atoms with Gasteiger partial charge in [-0.1, -0.05) is 307 Å². The molecule has 0 saturated carbocycles.